The molecule has 1 aromatic rings. The van der Waals surface area contributed by atoms with Crippen LogP contribution in [0.15, 0.2) is 24.3 Å². The second-order valence-electron chi connectivity index (χ2n) is 7.46. The van der Waals surface area contributed by atoms with Gasteiger partial charge in [0.15, 0.2) is 6.10 Å². The highest BCUT2D eigenvalue weighted by molar-refractivity contribution is 5.72. The summed E-state index contributed by atoms with van der Waals surface area (Å²) in [6.45, 7) is 9.42. The smallest absolute Gasteiger partial charge is 0.410 e. The fourth-order valence-electron chi connectivity index (χ4n) is 2.93. The highest BCUT2D eigenvalue weighted by Crippen LogP contribution is 2.15. The van der Waals surface area contributed by atoms with Crippen LogP contribution in [0.1, 0.15) is 58.9 Å². The normalized spacial score (nSPS) is 11.9. The molecule has 170 valence electrons. The molecule has 7 nitrogen and oxygen atoms in total. The number of aliphatic carboxylic acids is 1. The van der Waals surface area contributed by atoms with E-state index in [2.05, 4.69) is 6.92 Å². The summed E-state index contributed by atoms with van der Waals surface area (Å²) in [4.78, 5) is 25.2. The Balaban J connectivity index is 2.54. The van der Waals surface area contributed by atoms with Crippen LogP contribution < -0.4 is 4.74 Å². The summed E-state index contributed by atoms with van der Waals surface area (Å²) in [6.07, 6.45) is 3.32. The average Bonchev–Trinajstić information content (AvgIpc) is 2.70. The minimum atomic E-state index is -0.968. The van der Waals surface area contributed by atoms with E-state index in [0.29, 0.717) is 38.5 Å². The van der Waals surface area contributed by atoms with E-state index < -0.39 is 12.1 Å². The summed E-state index contributed by atoms with van der Waals surface area (Å²) in [7, 11) is 0. The molecule has 0 radical (unpaired) electrons. The molecule has 1 amide bonds. The van der Waals surface area contributed by atoms with Gasteiger partial charge in [-0.3, -0.25) is 0 Å². The van der Waals surface area contributed by atoms with Crippen LogP contribution >= 0.6 is 0 Å². The molecule has 0 aromatic heterocycles. The molecule has 1 aromatic carbocycles. The lowest BCUT2D eigenvalue weighted by molar-refractivity contribution is -0.149. The molecular weight excluding hydrogens is 386 g/mol. The van der Waals surface area contributed by atoms with Crippen molar-refractivity contribution in [3.05, 3.63) is 29.8 Å². The molecule has 1 atom stereocenters. The van der Waals surface area contributed by atoms with E-state index in [-0.39, 0.29) is 12.2 Å². The van der Waals surface area contributed by atoms with E-state index in [1.54, 1.807) is 24.0 Å². The maximum Gasteiger partial charge on any atom is 0.410 e. The molecule has 30 heavy (non-hydrogen) atoms. The molecule has 0 saturated heterocycles. The number of carboxylic acid groups (broad SMARTS) is 1. The Morgan fingerprint density at radius 1 is 1.03 bits per heavy atom. The number of unbranched alkanes of at least 4 members (excludes halogenated alkanes) is 3. The molecule has 0 fully saturated rings. The van der Waals surface area contributed by atoms with Crippen LogP contribution in [0.5, 0.6) is 5.75 Å². The van der Waals surface area contributed by atoms with Crippen molar-refractivity contribution < 1.29 is 28.9 Å². The molecule has 1 N–H and O–H groups in total. The molecule has 7 heteroatoms. The zero-order chi connectivity index (χ0) is 22.4. The van der Waals surface area contributed by atoms with E-state index in [1.807, 2.05) is 26.0 Å². The van der Waals surface area contributed by atoms with Gasteiger partial charge in [0, 0.05) is 19.6 Å². The zero-order valence-electron chi connectivity index (χ0n) is 18.8. The van der Waals surface area contributed by atoms with Gasteiger partial charge in [-0.05, 0) is 44.9 Å². The zero-order valence-corrected chi connectivity index (χ0v) is 18.8. The van der Waals surface area contributed by atoms with Crippen LogP contribution in [-0.2, 0) is 20.7 Å². The largest absolute Gasteiger partial charge is 0.492 e. The topological polar surface area (TPSA) is 85.3 Å². The van der Waals surface area contributed by atoms with Crippen LogP contribution in [0.3, 0.4) is 0 Å². The Hall–Kier alpha value is -2.28. The predicted octanol–water partition coefficient (Wildman–Crippen LogP) is 4.52. The molecule has 1 rings (SSSR count). The van der Waals surface area contributed by atoms with E-state index in [9.17, 15) is 14.7 Å². The third-order valence-corrected chi connectivity index (χ3v) is 4.49. The van der Waals surface area contributed by atoms with Gasteiger partial charge in [-0.25, -0.2) is 9.59 Å². The number of rotatable bonds is 15. The lowest BCUT2D eigenvalue weighted by atomic mass is 10.1. The van der Waals surface area contributed by atoms with Gasteiger partial charge >= 0.3 is 12.1 Å². The van der Waals surface area contributed by atoms with Crippen LogP contribution in [0, 0.1) is 0 Å². The number of hydrogen-bond acceptors (Lipinski definition) is 5. The van der Waals surface area contributed by atoms with Crippen molar-refractivity contribution in [2.24, 2.45) is 0 Å². The summed E-state index contributed by atoms with van der Waals surface area (Å²) in [5, 5.41) is 9.19. The lowest BCUT2D eigenvalue weighted by Crippen LogP contribution is -2.37. The number of carbonyl (C=O) groups excluding carboxylic acids is 1. The molecule has 0 heterocycles. The standard InChI is InChI=1S/C23H37NO6/c1-5-7-8-9-14-24(23(27)30-18(3)4)15-16-29-20-12-10-19(11-13-20)17-21(22(25)26)28-6-2/h10-13,18,21H,5-9,14-17H2,1-4H3,(H,25,26). The quantitative estimate of drug-likeness (QED) is 0.417. The second kappa shape index (κ2) is 14.7. The Morgan fingerprint density at radius 3 is 2.30 bits per heavy atom. The third kappa shape index (κ3) is 10.5. The minimum Gasteiger partial charge on any atom is -0.492 e. The summed E-state index contributed by atoms with van der Waals surface area (Å²) >= 11 is 0. The summed E-state index contributed by atoms with van der Waals surface area (Å²) in [6, 6.07) is 7.27. The Kier molecular flexibility index (Phi) is 12.6. The third-order valence-electron chi connectivity index (χ3n) is 4.49. The number of amides is 1. The number of ether oxygens (including phenoxy) is 3. The highest BCUT2D eigenvalue weighted by Gasteiger charge is 2.18. The fraction of sp³-hybridized carbons (Fsp3) is 0.652. The molecule has 0 aliphatic carbocycles. The number of nitrogens with zero attached hydrogens (tertiary/aromatic N) is 1. The first-order chi connectivity index (χ1) is 14.4. The van der Waals surface area contributed by atoms with Crippen LogP contribution in [0.25, 0.3) is 0 Å². The van der Waals surface area contributed by atoms with Crippen molar-refractivity contribution in [2.45, 2.75) is 72.0 Å². The Labute approximate surface area is 180 Å². The number of hydrogen-bond donors (Lipinski definition) is 1. The average molecular weight is 424 g/mol. The van der Waals surface area contributed by atoms with Crippen LogP contribution in [-0.4, -0.2) is 60.6 Å². The van der Waals surface area contributed by atoms with Gasteiger partial charge in [0.25, 0.3) is 0 Å². The summed E-state index contributed by atoms with van der Waals surface area (Å²) in [5.41, 5.74) is 0.862. The van der Waals surface area contributed by atoms with E-state index in [1.165, 1.54) is 0 Å². The molecule has 1 unspecified atom stereocenters. The van der Waals surface area contributed by atoms with Gasteiger partial charge in [-0.1, -0.05) is 38.3 Å². The number of carboxylic acids is 1. The van der Waals surface area contributed by atoms with E-state index in [4.69, 9.17) is 14.2 Å². The summed E-state index contributed by atoms with van der Waals surface area (Å²) in [5.74, 6) is -0.297. The maximum absolute atomic E-state index is 12.3. The molecule has 0 saturated carbocycles. The van der Waals surface area contributed by atoms with Crippen LogP contribution in [0.4, 0.5) is 4.79 Å². The van der Waals surface area contributed by atoms with Crippen molar-refractivity contribution in [1.29, 1.82) is 0 Å². The second-order valence-corrected chi connectivity index (χ2v) is 7.46. The van der Waals surface area contributed by atoms with Crippen molar-refractivity contribution in [3.8, 4) is 5.75 Å². The molecule has 0 aliphatic rings. The van der Waals surface area contributed by atoms with Crippen molar-refractivity contribution in [2.75, 3.05) is 26.3 Å². The summed E-state index contributed by atoms with van der Waals surface area (Å²) < 4.78 is 16.4. The van der Waals surface area contributed by atoms with Gasteiger partial charge < -0.3 is 24.2 Å². The lowest BCUT2D eigenvalue weighted by Gasteiger charge is -2.23. The van der Waals surface area contributed by atoms with Crippen molar-refractivity contribution >= 4 is 12.1 Å². The minimum absolute atomic E-state index is 0.157. The number of benzene rings is 1. The SMILES string of the molecule is CCCCCCN(CCOc1ccc(CC(OCC)C(=O)O)cc1)C(=O)OC(C)C. The molecular formula is C23H37NO6. The monoisotopic (exact) mass is 423 g/mol. The number of carbonyl (C=O) groups is 2. The van der Waals surface area contributed by atoms with Crippen LogP contribution in [0.2, 0.25) is 0 Å². The van der Waals surface area contributed by atoms with Gasteiger partial charge in [0.1, 0.15) is 12.4 Å². The van der Waals surface area contributed by atoms with E-state index in [0.717, 1.165) is 31.2 Å². The van der Waals surface area contributed by atoms with Gasteiger partial charge in [-0.2, -0.15) is 0 Å². The first-order valence-corrected chi connectivity index (χ1v) is 10.9. The Morgan fingerprint density at radius 2 is 1.73 bits per heavy atom. The fourth-order valence-corrected chi connectivity index (χ4v) is 2.93. The highest BCUT2D eigenvalue weighted by atomic mass is 16.6. The van der Waals surface area contributed by atoms with E-state index >= 15 is 0 Å². The predicted molar refractivity (Wildman–Crippen MR) is 116 cm³/mol. The molecule has 0 spiro atoms. The van der Waals surface area contributed by atoms with Crippen molar-refractivity contribution in [1.82, 2.24) is 4.90 Å². The molecule has 0 bridgehead atoms. The van der Waals surface area contributed by atoms with Gasteiger partial charge in [0.05, 0.1) is 12.6 Å². The maximum atomic E-state index is 12.3. The first-order valence-electron chi connectivity index (χ1n) is 10.9. The Bertz CT molecular complexity index is 617. The van der Waals surface area contributed by atoms with Crippen molar-refractivity contribution in [3.63, 3.8) is 0 Å². The first kappa shape index (κ1) is 25.8. The molecule has 0 aliphatic heterocycles. The van der Waals surface area contributed by atoms with Gasteiger partial charge in [0.2, 0.25) is 0 Å². The van der Waals surface area contributed by atoms with Gasteiger partial charge in [-0.15, -0.1) is 0 Å².